The van der Waals surface area contributed by atoms with Crippen molar-refractivity contribution in [1.29, 1.82) is 0 Å². The van der Waals surface area contributed by atoms with Crippen LogP contribution in [0.2, 0.25) is 0 Å². The molecule has 0 radical (unpaired) electrons. The number of aromatic nitrogens is 1. The van der Waals surface area contributed by atoms with Crippen LogP contribution in [-0.4, -0.2) is 65.2 Å². The third-order valence-electron chi connectivity index (χ3n) is 5.61. The molecule has 0 saturated heterocycles. The molecule has 3 aromatic rings. The standard InChI is InChI=1S/C26H32N4O6S2/c1-17(2)14-30(15-24(32)22(29-26(33)34)13-19-7-5-4-6-8-19)38(35,36)21-11-9-20(10-12-21)23-16-37-25(28-23)27-18(3)31/h4-12,16-17,22,24,29,32H,13-15H2,1-3H3,(H,33,34)(H,27,28,31)/t22-,24-/m0/s1. The summed E-state index contributed by atoms with van der Waals surface area (Å²) in [7, 11) is -4.01. The molecule has 2 atom stereocenters. The molecule has 0 spiro atoms. The number of carboxylic acid groups (broad SMARTS) is 1. The van der Waals surface area contributed by atoms with Gasteiger partial charge in [0.05, 0.1) is 22.7 Å². The van der Waals surface area contributed by atoms with Gasteiger partial charge in [0.25, 0.3) is 0 Å². The number of nitrogens with zero attached hydrogens (tertiary/aromatic N) is 2. The number of hydrogen-bond donors (Lipinski definition) is 4. The number of amides is 2. The molecule has 2 amide bonds. The van der Waals surface area contributed by atoms with E-state index in [1.165, 1.54) is 34.7 Å². The number of benzene rings is 2. The zero-order valence-electron chi connectivity index (χ0n) is 21.4. The lowest BCUT2D eigenvalue weighted by Gasteiger charge is -2.30. The molecule has 38 heavy (non-hydrogen) atoms. The molecule has 1 heterocycles. The quantitative estimate of drug-likeness (QED) is 0.264. The number of carbonyl (C=O) groups excluding carboxylic acids is 1. The largest absolute Gasteiger partial charge is 0.465 e. The normalized spacial score (nSPS) is 13.3. The van der Waals surface area contributed by atoms with Crippen molar-refractivity contribution in [2.45, 2.75) is 44.2 Å². The number of aliphatic hydroxyl groups excluding tert-OH is 1. The maximum Gasteiger partial charge on any atom is 0.404 e. The van der Waals surface area contributed by atoms with Gasteiger partial charge in [-0.25, -0.2) is 18.2 Å². The maximum absolute atomic E-state index is 13.6. The molecule has 0 aliphatic heterocycles. The van der Waals surface area contributed by atoms with Gasteiger partial charge in [0, 0.05) is 31.0 Å². The maximum atomic E-state index is 13.6. The first-order valence-electron chi connectivity index (χ1n) is 12.0. The third kappa shape index (κ3) is 8.09. The third-order valence-corrected chi connectivity index (χ3v) is 8.21. The number of thiazole rings is 1. The highest BCUT2D eigenvalue weighted by Crippen LogP contribution is 2.27. The zero-order chi connectivity index (χ0) is 27.9. The van der Waals surface area contributed by atoms with Gasteiger partial charge < -0.3 is 20.8 Å². The molecular weight excluding hydrogens is 528 g/mol. The van der Waals surface area contributed by atoms with Gasteiger partial charge in [-0.05, 0) is 30.0 Å². The Kier molecular flexibility index (Phi) is 9.97. The summed E-state index contributed by atoms with van der Waals surface area (Å²) in [6.07, 6.45) is -2.39. The van der Waals surface area contributed by atoms with Crippen molar-refractivity contribution in [2.24, 2.45) is 5.92 Å². The van der Waals surface area contributed by atoms with Crippen LogP contribution in [0.15, 0.2) is 64.9 Å². The second-order valence-corrected chi connectivity index (χ2v) is 12.1. The Bertz CT molecular complexity index is 1330. The van der Waals surface area contributed by atoms with E-state index >= 15 is 0 Å². The Balaban J connectivity index is 1.82. The first kappa shape index (κ1) is 29.2. The van der Waals surface area contributed by atoms with E-state index in [2.05, 4.69) is 15.6 Å². The molecular formula is C26H32N4O6S2. The van der Waals surface area contributed by atoms with Crippen LogP contribution >= 0.6 is 11.3 Å². The van der Waals surface area contributed by atoms with Crippen LogP contribution in [0.1, 0.15) is 26.3 Å². The van der Waals surface area contributed by atoms with Crippen molar-refractivity contribution in [2.75, 3.05) is 18.4 Å². The minimum absolute atomic E-state index is 0.0391. The fraction of sp³-hybridized carbons (Fsp3) is 0.346. The molecule has 3 rings (SSSR count). The van der Waals surface area contributed by atoms with Gasteiger partial charge in [-0.2, -0.15) is 4.31 Å². The monoisotopic (exact) mass is 560 g/mol. The van der Waals surface area contributed by atoms with E-state index in [9.17, 15) is 28.2 Å². The van der Waals surface area contributed by atoms with E-state index in [1.54, 1.807) is 17.5 Å². The van der Waals surface area contributed by atoms with Crippen molar-refractivity contribution in [1.82, 2.24) is 14.6 Å². The smallest absolute Gasteiger partial charge is 0.404 e. The first-order valence-corrected chi connectivity index (χ1v) is 14.3. The summed E-state index contributed by atoms with van der Waals surface area (Å²) in [5.74, 6) is -0.275. The molecule has 0 aliphatic rings. The lowest BCUT2D eigenvalue weighted by molar-refractivity contribution is -0.114. The van der Waals surface area contributed by atoms with Crippen LogP contribution in [-0.2, 0) is 21.2 Å². The molecule has 2 aromatic carbocycles. The molecule has 12 heteroatoms. The van der Waals surface area contributed by atoms with E-state index < -0.39 is 28.3 Å². The number of nitrogens with one attached hydrogen (secondary N) is 2. The average molecular weight is 561 g/mol. The Hall–Kier alpha value is -3.32. The van der Waals surface area contributed by atoms with Gasteiger partial charge in [-0.15, -0.1) is 11.3 Å². The van der Waals surface area contributed by atoms with E-state index in [4.69, 9.17) is 0 Å². The number of anilines is 1. The Morgan fingerprint density at radius 1 is 1.05 bits per heavy atom. The molecule has 4 N–H and O–H groups in total. The number of hydrogen-bond acceptors (Lipinski definition) is 7. The number of carbonyl (C=O) groups is 2. The summed E-state index contributed by atoms with van der Waals surface area (Å²) in [6.45, 7) is 4.97. The highest BCUT2D eigenvalue weighted by Gasteiger charge is 2.31. The summed E-state index contributed by atoms with van der Waals surface area (Å²) in [6, 6.07) is 14.4. The SMILES string of the molecule is CC(=O)Nc1nc(-c2ccc(S(=O)(=O)N(CC(C)C)C[C@H](O)[C@H](Cc3ccccc3)NC(=O)O)cc2)cs1. The highest BCUT2D eigenvalue weighted by atomic mass is 32.2. The van der Waals surface area contributed by atoms with Crippen molar-refractivity contribution in [3.63, 3.8) is 0 Å². The number of aliphatic hydroxyl groups is 1. The van der Waals surface area contributed by atoms with Gasteiger partial charge in [-0.3, -0.25) is 4.79 Å². The summed E-state index contributed by atoms with van der Waals surface area (Å²) in [4.78, 5) is 27.0. The molecule has 1 aromatic heterocycles. The van der Waals surface area contributed by atoms with Gasteiger partial charge in [0.2, 0.25) is 15.9 Å². The van der Waals surface area contributed by atoms with E-state index in [1.807, 2.05) is 44.2 Å². The minimum atomic E-state index is -4.01. The molecule has 204 valence electrons. The van der Waals surface area contributed by atoms with Crippen LogP contribution in [0.3, 0.4) is 0 Å². The summed E-state index contributed by atoms with van der Waals surface area (Å²) in [5.41, 5.74) is 2.09. The van der Waals surface area contributed by atoms with Crippen molar-refractivity contribution < 1.29 is 28.2 Å². The van der Waals surface area contributed by atoms with Crippen LogP contribution in [0.4, 0.5) is 9.93 Å². The van der Waals surface area contributed by atoms with Crippen molar-refractivity contribution in [3.05, 3.63) is 65.5 Å². The second-order valence-electron chi connectivity index (χ2n) is 9.27. The summed E-state index contributed by atoms with van der Waals surface area (Å²) >= 11 is 1.26. The predicted octanol–water partition coefficient (Wildman–Crippen LogP) is 3.66. The fourth-order valence-corrected chi connectivity index (χ4v) is 6.27. The van der Waals surface area contributed by atoms with E-state index in [-0.39, 0.29) is 36.2 Å². The molecule has 0 aliphatic carbocycles. The number of sulfonamides is 1. The number of rotatable bonds is 12. The minimum Gasteiger partial charge on any atom is -0.465 e. The first-order chi connectivity index (χ1) is 18.0. The van der Waals surface area contributed by atoms with E-state index in [0.717, 1.165) is 5.56 Å². The fourth-order valence-electron chi connectivity index (χ4n) is 3.88. The van der Waals surface area contributed by atoms with Gasteiger partial charge >= 0.3 is 6.09 Å². The molecule has 0 bridgehead atoms. The topological polar surface area (TPSA) is 149 Å². The Morgan fingerprint density at radius 2 is 1.71 bits per heavy atom. The average Bonchev–Trinajstić information content (AvgIpc) is 3.31. The lowest BCUT2D eigenvalue weighted by Crippen LogP contribution is -2.50. The summed E-state index contributed by atoms with van der Waals surface area (Å²) < 4.78 is 28.4. The van der Waals surface area contributed by atoms with Crippen molar-refractivity contribution in [3.8, 4) is 11.3 Å². The molecule has 10 nitrogen and oxygen atoms in total. The molecule has 0 fully saturated rings. The van der Waals surface area contributed by atoms with Gasteiger partial charge in [0.1, 0.15) is 0 Å². The molecule has 0 unspecified atom stereocenters. The van der Waals surface area contributed by atoms with Crippen LogP contribution in [0.25, 0.3) is 11.3 Å². The van der Waals surface area contributed by atoms with E-state index in [0.29, 0.717) is 16.4 Å². The van der Waals surface area contributed by atoms with Gasteiger partial charge in [-0.1, -0.05) is 56.3 Å². The van der Waals surface area contributed by atoms with Crippen LogP contribution in [0, 0.1) is 5.92 Å². The van der Waals surface area contributed by atoms with Crippen LogP contribution in [0.5, 0.6) is 0 Å². The summed E-state index contributed by atoms with van der Waals surface area (Å²) in [5, 5.41) is 27.5. The van der Waals surface area contributed by atoms with Crippen molar-refractivity contribution >= 4 is 38.5 Å². The second kappa shape index (κ2) is 13.0. The highest BCUT2D eigenvalue weighted by molar-refractivity contribution is 7.89. The Labute approximate surface area is 226 Å². The van der Waals surface area contributed by atoms with Crippen LogP contribution < -0.4 is 10.6 Å². The molecule has 0 saturated carbocycles. The lowest BCUT2D eigenvalue weighted by atomic mass is 10.0. The predicted molar refractivity (Wildman–Crippen MR) is 147 cm³/mol. The zero-order valence-corrected chi connectivity index (χ0v) is 23.0. The van der Waals surface area contributed by atoms with Gasteiger partial charge in [0.15, 0.2) is 5.13 Å². The Morgan fingerprint density at radius 3 is 2.29 bits per heavy atom.